The monoisotopic (exact) mass is 398 g/mol. The quantitative estimate of drug-likeness (QED) is 0.635. The Labute approximate surface area is 164 Å². The number of hydrogen-bond acceptors (Lipinski definition) is 5. The van der Waals surface area contributed by atoms with E-state index < -0.39 is 41.4 Å². The van der Waals surface area contributed by atoms with E-state index in [1.807, 2.05) is 23.9 Å². The molecule has 0 saturated heterocycles. The molecule has 0 aliphatic heterocycles. The summed E-state index contributed by atoms with van der Waals surface area (Å²) in [7, 11) is 5.62. The summed E-state index contributed by atoms with van der Waals surface area (Å²) >= 11 is 0. The lowest BCUT2D eigenvalue weighted by molar-refractivity contribution is -0.135. The molecule has 0 aliphatic carbocycles. The van der Waals surface area contributed by atoms with Gasteiger partial charge in [-0.25, -0.2) is 8.78 Å². The fourth-order valence-electron chi connectivity index (χ4n) is 2.34. The van der Waals surface area contributed by atoms with Crippen LogP contribution in [0.4, 0.5) is 8.78 Å². The lowest BCUT2D eigenvalue weighted by Crippen LogP contribution is -2.52. The molecule has 0 spiro atoms. The first kappa shape index (κ1) is 23.6. The van der Waals surface area contributed by atoms with Crippen molar-refractivity contribution in [3.05, 3.63) is 35.4 Å². The summed E-state index contributed by atoms with van der Waals surface area (Å²) < 4.78 is 26.3. The van der Waals surface area contributed by atoms with Gasteiger partial charge in [-0.15, -0.1) is 0 Å². The average Bonchev–Trinajstić information content (AvgIpc) is 2.57. The summed E-state index contributed by atoms with van der Waals surface area (Å²) in [6, 6.07) is 1.29. The smallest absolute Gasteiger partial charge is 0.248 e. The topological polar surface area (TPSA) is 81.8 Å². The molecular weight excluding hydrogens is 370 g/mol. The third kappa shape index (κ3) is 8.10. The molecule has 0 radical (unpaired) electrons. The molecule has 156 valence electrons. The van der Waals surface area contributed by atoms with Crippen molar-refractivity contribution in [2.75, 3.05) is 34.2 Å². The minimum absolute atomic E-state index is 0.148. The molecule has 1 aromatic carbocycles. The molecule has 7 nitrogen and oxygen atoms in total. The Morgan fingerprint density at radius 3 is 2.07 bits per heavy atom. The van der Waals surface area contributed by atoms with E-state index in [-0.39, 0.29) is 12.0 Å². The lowest BCUT2D eigenvalue weighted by Gasteiger charge is -2.25. The van der Waals surface area contributed by atoms with Crippen molar-refractivity contribution >= 4 is 17.7 Å². The van der Waals surface area contributed by atoms with Crippen LogP contribution in [0.25, 0.3) is 0 Å². The molecule has 0 saturated carbocycles. The highest BCUT2D eigenvalue weighted by Gasteiger charge is 2.23. The van der Waals surface area contributed by atoms with Gasteiger partial charge in [-0.05, 0) is 52.7 Å². The van der Waals surface area contributed by atoms with Gasteiger partial charge in [0, 0.05) is 19.2 Å². The highest BCUT2D eigenvalue weighted by molar-refractivity contribution is 6.00. The van der Waals surface area contributed by atoms with E-state index in [9.17, 15) is 23.2 Å². The molecule has 0 fully saturated rings. The Morgan fingerprint density at radius 2 is 1.54 bits per heavy atom. The number of nitrogens with zero attached hydrogens (tertiary/aromatic N) is 2. The van der Waals surface area contributed by atoms with Gasteiger partial charge in [-0.2, -0.15) is 0 Å². The first-order valence-electron chi connectivity index (χ1n) is 8.93. The molecule has 3 amide bonds. The fraction of sp³-hybridized carbons (Fsp3) is 0.526. The van der Waals surface area contributed by atoms with Gasteiger partial charge >= 0.3 is 0 Å². The molecule has 0 heterocycles. The molecule has 9 heteroatoms. The maximum absolute atomic E-state index is 13.2. The highest BCUT2D eigenvalue weighted by atomic mass is 19.1. The molecule has 2 atom stereocenters. The summed E-state index contributed by atoms with van der Waals surface area (Å²) in [5, 5.41) is 4.68. The minimum atomic E-state index is -0.978. The molecular formula is C19H28F2N4O3. The second kappa shape index (κ2) is 10.8. The molecule has 0 aromatic heterocycles. The van der Waals surface area contributed by atoms with Crippen molar-refractivity contribution in [2.45, 2.75) is 32.4 Å². The van der Waals surface area contributed by atoms with Crippen LogP contribution >= 0.6 is 0 Å². The normalized spacial score (nSPS) is 13.3. The molecule has 1 rings (SSSR count). The summed E-state index contributed by atoms with van der Waals surface area (Å²) in [5.41, 5.74) is 0.148. The number of carbonyl (C=O) groups excluding carboxylic acids is 3. The van der Waals surface area contributed by atoms with Gasteiger partial charge in [-0.1, -0.05) is 0 Å². The minimum Gasteiger partial charge on any atom is -0.344 e. The summed E-state index contributed by atoms with van der Waals surface area (Å²) in [6.45, 7) is 4.51. The van der Waals surface area contributed by atoms with Gasteiger partial charge in [-0.3, -0.25) is 24.6 Å². The van der Waals surface area contributed by atoms with Gasteiger partial charge in [0.25, 0.3) is 0 Å². The van der Waals surface area contributed by atoms with E-state index in [4.69, 9.17) is 0 Å². The number of benzene rings is 1. The van der Waals surface area contributed by atoms with Gasteiger partial charge in [0.1, 0.15) is 17.7 Å². The standard InChI is InChI=1S/C19H28F2N4O3/c1-12(22-17(26)10-14-8-15(20)11-16(21)9-14)18(27)23-19(28)13(2)25(5)7-6-24(3)4/h8-9,11-13H,6-7,10H2,1-5H3,(H,22,26)(H,23,27,28)/t12-,13-/m0/s1. The van der Waals surface area contributed by atoms with Crippen LogP contribution in [-0.2, 0) is 20.8 Å². The summed E-state index contributed by atoms with van der Waals surface area (Å²) in [5.74, 6) is -3.29. The lowest BCUT2D eigenvalue weighted by atomic mass is 10.1. The van der Waals surface area contributed by atoms with E-state index in [2.05, 4.69) is 10.6 Å². The molecule has 2 N–H and O–H groups in total. The number of halogens is 2. The van der Waals surface area contributed by atoms with Gasteiger partial charge in [0.05, 0.1) is 12.5 Å². The Kier molecular flexibility index (Phi) is 9.14. The van der Waals surface area contributed by atoms with Crippen molar-refractivity contribution in [1.29, 1.82) is 0 Å². The van der Waals surface area contributed by atoms with E-state index >= 15 is 0 Å². The van der Waals surface area contributed by atoms with Gasteiger partial charge in [0.15, 0.2) is 0 Å². The Morgan fingerprint density at radius 1 is 0.964 bits per heavy atom. The van der Waals surface area contributed by atoms with Crippen molar-refractivity contribution in [3.63, 3.8) is 0 Å². The largest absolute Gasteiger partial charge is 0.344 e. The van der Waals surface area contributed by atoms with Crippen molar-refractivity contribution in [3.8, 4) is 0 Å². The van der Waals surface area contributed by atoms with Crippen LogP contribution in [-0.4, -0.2) is 73.8 Å². The van der Waals surface area contributed by atoms with Crippen LogP contribution in [0.2, 0.25) is 0 Å². The SMILES string of the molecule is C[C@H](NC(=O)Cc1cc(F)cc(F)c1)C(=O)NC(=O)[C@H](C)N(C)CCN(C)C. The zero-order chi connectivity index (χ0) is 21.4. The Bertz CT molecular complexity index is 692. The van der Waals surface area contributed by atoms with Crippen LogP contribution in [0.3, 0.4) is 0 Å². The number of amides is 3. The van der Waals surface area contributed by atoms with Crippen molar-refractivity contribution in [2.24, 2.45) is 0 Å². The number of rotatable bonds is 9. The van der Waals surface area contributed by atoms with Crippen LogP contribution in [0.5, 0.6) is 0 Å². The van der Waals surface area contributed by atoms with Crippen molar-refractivity contribution in [1.82, 2.24) is 20.4 Å². The fourth-order valence-corrected chi connectivity index (χ4v) is 2.34. The number of hydrogen-bond donors (Lipinski definition) is 2. The number of imide groups is 1. The molecule has 1 aromatic rings. The Hall–Kier alpha value is -2.39. The predicted octanol–water partition coefficient (Wildman–Crippen LogP) is 0.537. The average molecular weight is 398 g/mol. The van der Waals surface area contributed by atoms with Crippen LogP contribution < -0.4 is 10.6 Å². The third-order valence-electron chi connectivity index (χ3n) is 4.24. The zero-order valence-corrected chi connectivity index (χ0v) is 16.9. The number of likely N-dealkylation sites (N-methyl/N-ethyl adjacent to an activating group) is 2. The second-order valence-electron chi connectivity index (χ2n) is 7.06. The molecule has 0 unspecified atom stereocenters. The first-order chi connectivity index (χ1) is 13.0. The predicted molar refractivity (Wildman–Crippen MR) is 101 cm³/mol. The maximum Gasteiger partial charge on any atom is 0.248 e. The van der Waals surface area contributed by atoms with Crippen LogP contribution in [0.1, 0.15) is 19.4 Å². The second-order valence-corrected chi connectivity index (χ2v) is 7.06. The number of nitrogens with one attached hydrogen (secondary N) is 2. The highest BCUT2D eigenvalue weighted by Crippen LogP contribution is 2.08. The number of carbonyl (C=O) groups is 3. The van der Waals surface area contributed by atoms with Crippen LogP contribution in [0, 0.1) is 11.6 Å². The van der Waals surface area contributed by atoms with Gasteiger partial charge < -0.3 is 10.2 Å². The van der Waals surface area contributed by atoms with Gasteiger partial charge in [0.2, 0.25) is 17.7 Å². The van der Waals surface area contributed by atoms with Crippen LogP contribution in [0.15, 0.2) is 18.2 Å². The molecule has 28 heavy (non-hydrogen) atoms. The maximum atomic E-state index is 13.2. The first-order valence-corrected chi connectivity index (χ1v) is 8.93. The zero-order valence-electron chi connectivity index (χ0n) is 16.9. The Balaban J connectivity index is 2.52. The van der Waals surface area contributed by atoms with E-state index in [0.717, 1.165) is 18.7 Å². The van der Waals surface area contributed by atoms with E-state index in [0.29, 0.717) is 12.6 Å². The summed E-state index contributed by atoms with van der Waals surface area (Å²) in [4.78, 5) is 40.1. The van der Waals surface area contributed by atoms with Crippen molar-refractivity contribution < 1.29 is 23.2 Å². The summed E-state index contributed by atoms with van der Waals surface area (Å²) in [6.07, 6.45) is -0.288. The third-order valence-corrected chi connectivity index (χ3v) is 4.24. The molecule has 0 aliphatic rings. The van der Waals surface area contributed by atoms with E-state index in [1.54, 1.807) is 14.0 Å². The molecule has 0 bridgehead atoms. The van der Waals surface area contributed by atoms with E-state index in [1.165, 1.54) is 6.92 Å².